The SMILES string of the molecule is CCc1cnc(C(C)NCc2cnn(CC)c2)s1. The molecule has 0 aliphatic heterocycles. The van der Waals surface area contributed by atoms with Crippen molar-refractivity contribution < 1.29 is 0 Å². The van der Waals surface area contributed by atoms with Gasteiger partial charge in [0.1, 0.15) is 5.01 Å². The molecule has 4 nitrogen and oxygen atoms in total. The lowest BCUT2D eigenvalue weighted by Gasteiger charge is -2.09. The van der Waals surface area contributed by atoms with Gasteiger partial charge in [-0.25, -0.2) is 4.98 Å². The van der Waals surface area contributed by atoms with Gasteiger partial charge in [0.2, 0.25) is 0 Å². The van der Waals surface area contributed by atoms with E-state index in [1.54, 1.807) is 11.3 Å². The van der Waals surface area contributed by atoms with Crippen molar-refractivity contribution in [1.82, 2.24) is 20.1 Å². The zero-order chi connectivity index (χ0) is 13.0. The van der Waals surface area contributed by atoms with Crippen molar-refractivity contribution in [2.24, 2.45) is 0 Å². The molecule has 0 spiro atoms. The van der Waals surface area contributed by atoms with Gasteiger partial charge < -0.3 is 5.32 Å². The summed E-state index contributed by atoms with van der Waals surface area (Å²) in [6.45, 7) is 8.16. The minimum absolute atomic E-state index is 0.292. The van der Waals surface area contributed by atoms with E-state index in [0.29, 0.717) is 6.04 Å². The Balaban J connectivity index is 1.89. The minimum atomic E-state index is 0.292. The fourth-order valence-electron chi connectivity index (χ4n) is 1.72. The highest BCUT2D eigenvalue weighted by Crippen LogP contribution is 2.20. The van der Waals surface area contributed by atoms with Crippen molar-refractivity contribution >= 4 is 11.3 Å². The van der Waals surface area contributed by atoms with Crippen LogP contribution in [0.15, 0.2) is 18.6 Å². The van der Waals surface area contributed by atoms with Gasteiger partial charge >= 0.3 is 0 Å². The van der Waals surface area contributed by atoms with Crippen molar-refractivity contribution in [3.05, 3.63) is 34.0 Å². The maximum Gasteiger partial charge on any atom is 0.109 e. The van der Waals surface area contributed by atoms with Crippen molar-refractivity contribution in [1.29, 1.82) is 0 Å². The van der Waals surface area contributed by atoms with Crippen LogP contribution in [0.5, 0.6) is 0 Å². The molecule has 2 aromatic heterocycles. The first kappa shape index (κ1) is 13.2. The van der Waals surface area contributed by atoms with E-state index in [9.17, 15) is 0 Å². The Hall–Kier alpha value is -1.20. The van der Waals surface area contributed by atoms with E-state index in [2.05, 4.69) is 42.4 Å². The van der Waals surface area contributed by atoms with Crippen molar-refractivity contribution in [2.45, 2.75) is 46.3 Å². The zero-order valence-corrected chi connectivity index (χ0v) is 12.0. The molecule has 98 valence electrons. The number of thiazole rings is 1. The first-order valence-corrected chi connectivity index (χ1v) is 7.23. The highest BCUT2D eigenvalue weighted by molar-refractivity contribution is 7.11. The summed E-state index contributed by atoms with van der Waals surface area (Å²) in [5.41, 5.74) is 1.22. The third-order valence-corrected chi connectivity index (χ3v) is 4.24. The van der Waals surface area contributed by atoms with Crippen LogP contribution < -0.4 is 5.32 Å². The van der Waals surface area contributed by atoms with Gasteiger partial charge in [-0.3, -0.25) is 4.68 Å². The second-order valence-electron chi connectivity index (χ2n) is 4.33. The molecular formula is C13H20N4S. The minimum Gasteiger partial charge on any atom is -0.304 e. The number of nitrogens with one attached hydrogen (secondary N) is 1. The Kier molecular flexibility index (Phi) is 4.49. The summed E-state index contributed by atoms with van der Waals surface area (Å²) in [6.07, 6.45) is 7.04. The van der Waals surface area contributed by atoms with E-state index in [4.69, 9.17) is 0 Å². The lowest BCUT2D eigenvalue weighted by molar-refractivity contribution is 0.571. The quantitative estimate of drug-likeness (QED) is 0.872. The summed E-state index contributed by atoms with van der Waals surface area (Å²) in [4.78, 5) is 5.80. The average molecular weight is 264 g/mol. The van der Waals surface area contributed by atoms with Gasteiger partial charge in [-0.05, 0) is 20.3 Å². The molecule has 18 heavy (non-hydrogen) atoms. The Morgan fingerprint density at radius 1 is 1.39 bits per heavy atom. The highest BCUT2D eigenvalue weighted by Gasteiger charge is 2.09. The Bertz CT molecular complexity index is 489. The van der Waals surface area contributed by atoms with Crippen LogP contribution in [-0.2, 0) is 19.5 Å². The van der Waals surface area contributed by atoms with Crippen LogP contribution in [0.4, 0.5) is 0 Å². The standard InChI is InChI=1S/C13H20N4S/c1-4-12-8-15-13(18-12)10(3)14-6-11-7-16-17(5-2)9-11/h7-10,14H,4-6H2,1-3H3. The molecule has 0 bridgehead atoms. The molecule has 0 saturated heterocycles. The fraction of sp³-hybridized carbons (Fsp3) is 0.538. The van der Waals surface area contributed by atoms with Crippen LogP contribution in [-0.4, -0.2) is 14.8 Å². The van der Waals surface area contributed by atoms with E-state index in [-0.39, 0.29) is 0 Å². The predicted molar refractivity (Wildman–Crippen MR) is 74.6 cm³/mol. The van der Waals surface area contributed by atoms with Crippen molar-refractivity contribution in [2.75, 3.05) is 0 Å². The van der Waals surface area contributed by atoms with E-state index in [1.807, 2.05) is 17.1 Å². The molecule has 1 unspecified atom stereocenters. The normalized spacial score (nSPS) is 12.8. The smallest absolute Gasteiger partial charge is 0.109 e. The number of nitrogens with zero attached hydrogens (tertiary/aromatic N) is 3. The Labute approximate surface area is 112 Å². The molecule has 2 heterocycles. The molecule has 1 N–H and O–H groups in total. The summed E-state index contributed by atoms with van der Waals surface area (Å²) in [6, 6.07) is 0.292. The molecule has 2 aromatic rings. The Morgan fingerprint density at radius 3 is 2.83 bits per heavy atom. The van der Waals surface area contributed by atoms with Gasteiger partial charge in [0.25, 0.3) is 0 Å². The summed E-state index contributed by atoms with van der Waals surface area (Å²) in [5.74, 6) is 0. The Morgan fingerprint density at radius 2 is 2.22 bits per heavy atom. The number of rotatable bonds is 6. The average Bonchev–Trinajstić information content (AvgIpc) is 3.04. The van der Waals surface area contributed by atoms with Crippen LogP contribution in [0.3, 0.4) is 0 Å². The lowest BCUT2D eigenvalue weighted by atomic mass is 10.3. The molecule has 0 radical (unpaired) electrons. The van der Waals surface area contributed by atoms with Crippen LogP contribution >= 0.6 is 11.3 Å². The van der Waals surface area contributed by atoms with Gasteiger partial charge in [0, 0.05) is 35.9 Å². The number of hydrogen-bond donors (Lipinski definition) is 1. The number of aryl methyl sites for hydroxylation is 2. The number of aromatic nitrogens is 3. The fourth-order valence-corrected chi connectivity index (χ4v) is 2.60. The van der Waals surface area contributed by atoms with E-state index < -0.39 is 0 Å². The van der Waals surface area contributed by atoms with Gasteiger partial charge in [-0.2, -0.15) is 5.10 Å². The van der Waals surface area contributed by atoms with Crippen LogP contribution in [0.2, 0.25) is 0 Å². The third-order valence-electron chi connectivity index (χ3n) is 2.91. The molecule has 1 atom stereocenters. The highest BCUT2D eigenvalue weighted by atomic mass is 32.1. The van der Waals surface area contributed by atoms with Crippen LogP contribution in [0.1, 0.15) is 42.3 Å². The summed E-state index contributed by atoms with van der Waals surface area (Å²) >= 11 is 1.79. The molecule has 0 amide bonds. The molecule has 5 heteroatoms. The second-order valence-corrected chi connectivity index (χ2v) is 5.47. The second kappa shape index (κ2) is 6.11. The van der Waals surface area contributed by atoms with Gasteiger partial charge in [-0.15, -0.1) is 11.3 Å². The maximum atomic E-state index is 4.46. The van der Waals surface area contributed by atoms with E-state index in [1.165, 1.54) is 10.4 Å². The van der Waals surface area contributed by atoms with Crippen LogP contribution in [0, 0.1) is 0 Å². The third kappa shape index (κ3) is 3.17. The van der Waals surface area contributed by atoms with Crippen LogP contribution in [0.25, 0.3) is 0 Å². The molecule has 2 rings (SSSR count). The van der Waals surface area contributed by atoms with Crippen molar-refractivity contribution in [3.8, 4) is 0 Å². The van der Waals surface area contributed by atoms with Gasteiger partial charge in [0.15, 0.2) is 0 Å². The number of hydrogen-bond acceptors (Lipinski definition) is 4. The molecule has 0 saturated carbocycles. The molecular weight excluding hydrogens is 244 g/mol. The summed E-state index contributed by atoms with van der Waals surface area (Å²) < 4.78 is 1.94. The summed E-state index contributed by atoms with van der Waals surface area (Å²) in [5, 5.41) is 8.91. The maximum absolute atomic E-state index is 4.46. The zero-order valence-electron chi connectivity index (χ0n) is 11.2. The lowest BCUT2D eigenvalue weighted by Crippen LogP contribution is -2.17. The largest absolute Gasteiger partial charge is 0.304 e. The summed E-state index contributed by atoms with van der Waals surface area (Å²) in [7, 11) is 0. The van der Waals surface area contributed by atoms with E-state index in [0.717, 1.165) is 24.5 Å². The molecule has 0 fully saturated rings. The van der Waals surface area contributed by atoms with E-state index >= 15 is 0 Å². The molecule has 0 aromatic carbocycles. The molecule has 0 aliphatic rings. The first-order chi connectivity index (χ1) is 8.72. The predicted octanol–water partition coefficient (Wildman–Crippen LogP) is 2.77. The first-order valence-electron chi connectivity index (χ1n) is 6.42. The monoisotopic (exact) mass is 264 g/mol. The topological polar surface area (TPSA) is 42.7 Å². The van der Waals surface area contributed by atoms with Crippen molar-refractivity contribution in [3.63, 3.8) is 0 Å². The molecule has 0 aliphatic carbocycles. The van der Waals surface area contributed by atoms with Gasteiger partial charge in [-0.1, -0.05) is 6.92 Å². The van der Waals surface area contributed by atoms with Gasteiger partial charge in [0.05, 0.1) is 12.2 Å².